The maximum Gasteiger partial charge on any atom is 0.240 e. The number of aliphatic hydroxyl groups is 1. The van der Waals surface area contributed by atoms with E-state index in [1.165, 1.54) is 0 Å². The van der Waals surface area contributed by atoms with Crippen LogP contribution >= 0.6 is 11.6 Å². The maximum absolute atomic E-state index is 11.7. The molecule has 19 heavy (non-hydrogen) atoms. The highest BCUT2D eigenvalue weighted by atomic mass is 35.5. The molecule has 2 rings (SSSR count). The number of piperazine rings is 1. The van der Waals surface area contributed by atoms with Crippen LogP contribution in [0.25, 0.3) is 0 Å². The minimum atomic E-state index is -0.621. The van der Waals surface area contributed by atoms with Crippen molar-refractivity contribution in [1.82, 2.24) is 9.80 Å². The molecule has 1 fully saturated rings. The minimum Gasteiger partial charge on any atom is -0.467 e. The first-order valence-electron chi connectivity index (χ1n) is 6.44. The van der Waals surface area contributed by atoms with Crippen LogP contribution < -0.4 is 0 Å². The summed E-state index contributed by atoms with van der Waals surface area (Å²) in [6.45, 7) is 5.00. The molecular formula is C13H19ClN2O3. The number of nitrogens with zero attached hydrogens (tertiary/aromatic N) is 2. The van der Waals surface area contributed by atoms with Gasteiger partial charge in [-0.05, 0) is 19.1 Å². The quantitative estimate of drug-likeness (QED) is 0.842. The fraction of sp³-hybridized carbons (Fsp3) is 0.615. The van der Waals surface area contributed by atoms with Gasteiger partial charge < -0.3 is 14.4 Å². The van der Waals surface area contributed by atoms with E-state index in [0.29, 0.717) is 25.4 Å². The predicted molar refractivity (Wildman–Crippen MR) is 72.0 cm³/mol. The summed E-state index contributed by atoms with van der Waals surface area (Å²) in [5, 5.41) is 9.52. The molecule has 1 aromatic heterocycles. The third-order valence-electron chi connectivity index (χ3n) is 3.33. The largest absolute Gasteiger partial charge is 0.467 e. The van der Waals surface area contributed by atoms with Crippen LogP contribution in [-0.4, -0.2) is 58.9 Å². The van der Waals surface area contributed by atoms with E-state index in [2.05, 4.69) is 4.90 Å². The van der Waals surface area contributed by atoms with Gasteiger partial charge in [0.25, 0.3) is 0 Å². The van der Waals surface area contributed by atoms with Crippen molar-refractivity contribution in [2.24, 2.45) is 0 Å². The number of alkyl halides is 1. The van der Waals surface area contributed by atoms with Gasteiger partial charge in [0.2, 0.25) is 5.91 Å². The van der Waals surface area contributed by atoms with E-state index in [-0.39, 0.29) is 5.91 Å². The van der Waals surface area contributed by atoms with Gasteiger partial charge in [-0.25, -0.2) is 0 Å². The number of β-amino-alcohol motifs (C(OH)–C–C–N with tert-alkyl or cyclic N) is 1. The Morgan fingerprint density at radius 2 is 2.16 bits per heavy atom. The number of furan rings is 1. The molecular weight excluding hydrogens is 268 g/mol. The second-order valence-electron chi connectivity index (χ2n) is 4.77. The van der Waals surface area contributed by atoms with Crippen LogP contribution in [0.5, 0.6) is 0 Å². The number of hydrogen-bond acceptors (Lipinski definition) is 4. The molecule has 0 spiro atoms. The van der Waals surface area contributed by atoms with Crippen molar-refractivity contribution in [2.45, 2.75) is 18.4 Å². The first kappa shape index (κ1) is 14.4. The zero-order valence-corrected chi connectivity index (χ0v) is 11.7. The predicted octanol–water partition coefficient (Wildman–Crippen LogP) is 1.08. The van der Waals surface area contributed by atoms with E-state index in [1.807, 2.05) is 0 Å². The lowest BCUT2D eigenvalue weighted by atomic mass is 10.2. The minimum absolute atomic E-state index is 0.0205. The summed E-state index contributed by atoms with van der Waals surface area (Å²) in [5.41, 5.74) is 0. The van der Waals surface area contributed by atoms with Gasteiger partial charge in [0.15, 0.2) is 0 Å². The number of hydrogen-bond donors (Lipinski definition) is 1. The van der Waals surface area contributed by atoms with Gasteiger partial charge in [0, 0.05) is 32.7 Å². The lowest BCUT2D eigenvalue weighted by Gasteiger charge is -2.35. The van der Waals surface area contributed by atoms with Crippen molar-refractivity contribution in [2.75, 3.05) is 32.7 Å². The molecule has 0 bridgehead atoms. The van der Waals surface area contributed by atoms with Crippen molar-refractivity contribution in [3.8, 4) is 0 Å². The Labute approximate surface area is 117 Å². The zero-order chi connectivity index (χ0) is 13.8. The topological polar surface area (TPSA) is 56.9 Å². The van der Waals surface area contributed by atoms with Gasteiger partial charge in [-0.1, -0.05) is 0 Å². The second kappa shape index (κ2) is 6.41. The molecule has 0 aliphatic carbocycles. The molecule has 0 aromatic carbocycles. The fourth-order valence-electron chi connectivity index (χ4n) is 2.22. The summed E-state index contributed by atoms with van der Waals surface area (Å²) < 4.78 is 5.17. The smallest absolute Gasteiger partial charge is 0.240 e. The van der Waals surface area contributed by atoms with E-state index < -0.39 is 11.5 Å². The van der Waals surface area contributed by atoms with E-state index >= 15 is 0 Å². The van der Waals surface area contributed by atoms with Gasteiger partial charge in [0.1, 0.15) is 17.2 Å². The van der Waals surface area contributed by atoms with Gasteiger partial charge >= 0.3 is 0 Å². The van der Waals surface area contributed by atoms with Crippen LogP contribution in [0.2, 0.25) is 0 Å². The monoisotopic (exact) mass is 286 g/mol. The molecule has 1 saturated heterocycles. The third-order valence-corrected chi connectivity index (χ3v) is 3.51. The Bertz CT molecular complexity index is 400. The van der Waals surface area contributed by atoms with Crippen molar-refractivity contribution < 1.29 is 14.3 Å². The number of amides is 1. The normalized spacial score (nSPS) is 20.3. The summed E-state index contributed by atoms with van der Waals surface area (Å²) in [6.07, 6.45) is 0.931. The second-order valence-corrected chi connectivity index (χ2v) is 5.43. The molecule has 2 unspecified atom stereocenters. The highest BCUT2D eigenvalue weighted by Crippen LogP contribution is 2.16. The molecule has 2 atom stereocenters. The molecule has 1 N–H and O–H groups in total. The van der Waals surface area contributed by atoms with Crippen molar-refractivity contribution >= 4 is 17.5 Å². The molecule has 106 valence electrons. The van der Waals surface area contributed by atoms with Crippen molar-refractivity contribution in [3.63, 3.8) is 0 Å². The number of aliphatic hydroxyl groups excluding tert-OH is 1. The third kappa shape index (κ3) is 3.72. The van der Waals surface area contributed by atoms with E-state index in [0.717, 1.165) is 13.1 Å². The molecule has 5 nitrogen and oxygen atoms in total. The van der Waals surface area contributed by atoms with Crippen LogP contribution in [-0.2, 0) is 4.79 Å². The summed E-state index contributed by atoms with van der Waals surface area (Å²) in [6, 6.07) is 3.52. The lowest BCUT2D eigenvalue weighted by molar-refractivity contribution is -0.132. The van der Waals surface area contributed by atoms with Crippen molar-refractivity contribution in [3.05, 3.63) is 24.2 Å². The standard InChI is InChI=1S/C13H19ClN2O3/c1-10(14)13(18)16-6-4-15(5-7-16)9-11(17)12-3-2-8-19-12/h2-3,8,10-11,17H,4-7,9H2,1H3. The Morgan fingerprint density at radius 3 is 2.68 bits per heavy atom. The van der Waals surface area contributed by atoms with Crippen LogP contribution in [0.1, 0.15) is 18.8 Å². The molecule has 0 radical (unpaired) electrons. The maximum atomic E-state index is 11.7. The van der Waals surface area contributed by atoms with Crippen LogP contribution in [0.3, 0.4) is 0 Å². The average molecular weight is 287 g/mol. The molecule has 1 aliphatic rings. The van der Waals surface area contributed by atoms with Crippen LogP contribution in [0, 0.1) is 0 Å². The number of halogens is 1. The molecule has 1 amide bonds. The molecule has 1 aromatic rings. The Hall–Kier alpha value is -1.04. The van der Waals surface area contributed by atoms with Crippen LogP contribution in [0.4, 0.5) is 0 Å². The first-order valence-corrected chi connectivity index (χ1v) is 6.88. The zero-order valence-electron chi connectivity index (χ0n) is 11.0. The van der Waals surface area contributed by atoms with Crippen molar-refractivity contribution in [1.29, 1.82) is 0 Å². The average Bonchev–Trinajstić information content (AvgIpc) is 2.92. The molecule has 1 aliphatic heterocycles. The van der Waals surface area contributed by atoms with E-state index in [4.69, 9.17) is 16.0 Å². The van der Waals surface area contributed by atoms with Gasteiger partial charge in [-0.3, -0.25) is 9.69 Å². The highest BCUT2D eigenvalue weighted by molar-refractivity contribution is 6.30. The van der Waals surface area contributed by atoms with E-state index in [1.54, 1.807) is 30.2 Å². The summed E-state index contributed by atoms with van der Waals surface area (Å²) in [4.78, 5) is 15.6. The fourth-order valence-corrected chi connectivity index (χ4v) is 2.36. The highest BCUT2D eigenvalue weighted by Gasteiger charge is 2.25. The van der Waals surface area contributed by atoms with E-state index in [9.17, 15) is 9.90 Å². The summed E-state index contributed by atoms with van der Waals surface area (Å²) in [7, 11) is 0. The Balaban J connectivity index is 1.79. The Morgan fingerprint density at radius 1 is 1.47 bits per heavy atom. The number of rotatable bonds is 4. The van der Waals surface area contributed by atoms with Gasteiger partial charge in [-0.2, -0.15) is 0 Å². The summed E-state index contributed by atoms with van der Waals surface area (Å²) in [5.74, 6) is 0.556. The van der Waals surface area contributed by atoms with Gasteiger partial charge in [-0.15, -0.1) is 11.6 Å². The Kier molecular flexibility index (Phi) is 4.85. The number of carbonyl (C=O) groups is 1. The van der Waals surface area contributed by atoms with Gasteiger partial charge in [0.05, 0.1) is 6.26 Å². The van der Waals surface area contributed by atoms with Crippen LogP contribution in [0.15, 0.2) is 22.8 Å². The molecule has 0 saturated carbocycles. The SMILES string of the molecule is CC(Cl)C(=O)N1CCN(CC(O)c2ccco2)CC1. The number of carbonyl (C=O) groups excluding carboxylic acids is 1. The summed E-state index contributed by atoms with van der Waals surface area (Å²) >= 11 is 5.79. The first-order chi connectivity index (χ1) is 9.08. The lowest BCUT2D eigenvalue weighted by Crippen LogP contribution is -2.51. The molecule has 6 heteroatoms. The molecule has 2 heterocycles.